The molecule has 1 fully saturated rings. The first-order valence-corrected chi connectivity index (χ1v) is 9.89. The minimum absolute atomic E-state index is 0.320. The molecule has 0 aliphatic carbocycles. The lowest BCUT2D eigenvalue weighted by Gasteiger charge is -2.43. The number of aromatic nitrogens is 4. The van der Waals surface area contributed by atoms with Crippen LogP contribution in [0, 0.1) is 12.7 Å². The van der Waals surface area contributed by atoms with Gasteiger partial charge in [-0.3, -0.25) is 4.90 Å². The van der Waals surface area contributed by atoms with Crippen molar-refractivity contribution in [2.45, 2.75) is 38.3 Å². The van der Waals surface area contributed by atoms with Gasteiger partial charge in [-0.2, -0.15) is 0 Å². The van der Waals surface area contributed by atoms with Crippen LogP contribution in [-0.4, -0.2) is 44.8 Å². The number of aryl methyl sites for hydroxylation is 1. The van der Waals surface area contributed by atoms with Gasteiger partial charge in [0.05, 0.1) is 18.8 Å². The molecule has 1 spiro atoms. The molecule has 1 aromatic carbocycles. The van der Waals surface area contributed by atoms with Crippen LogP contribution in [-0.2, 0) is 23.3 Å². The summed E-state index contributed by atoms with van der Waals surface area (Å²) < 4.78 is 25.4. The summed E-state index contributed by atoms with van der Waals surface area (Å²) in [6.07, 6.45) is 4.54. The Morgan fingerprint density at radius 2 is 2.07 bits per heavy atom. The molecule has 8 heteroatoms. The normalized spacial score (nSPS) is 18.7. The fourth-order valence-corrected chi connectivity index (χ4v) is 4.20. The van der Waals surface area contributed by atoms with Crippen LogP contribution in [0.1, 0.15) is 35.8 Å². The van der Waals surface area contributed by atoms with Gasteiger partial charge in [0.2, 0.25) is 11.8 Å². The smallest absolute Gasteiger partial charge is 0.247 e. The van der Waals surface area contributed by atoms with Gasteiger partial charge < -0.3 is 9.15 Å². The van der Waals surface area contributed by atoms with Gasteiger partial charge >= 0.3 is 0 Å². The van der Waals surface area contributed by atoms with E-state index in [4.69, 9.17) is 14.1 Å². The molecule has 0 radical (unpaired) electrons. The van der Waals surface area contributed by atoms with Gasteiger partial charge in [-0.15, -0.1) is 10.2 Å². The average Bonchev–Trinajstić information content (AvgIpc) is 3.19. The molecule has 5 rings (SSSR count). The Morgan fingerprint density at radius 3 is 2.90 bits per heavy atom. The average molecular weight is 395 g/mol. The zero-order valence-electron chi connectivity index (χ0n) is 16.3. The fraction of sp³-hybridized carbons (Fsp3) is 0.429. The SMILES string of the molecule is Cc1ncc2c(n1)C1(CCN(Cc3nnc(-c4cccc(F)c4)o3)CC1)OCC2. The van der Waals surface area contributed by atoms with Gasteiger partial charge in [0.25, 0.3) is 0 Å². The molecule has 2 aliphatic heterocycles. The van der Waals surface area contributed by atoms with E-state index in [0.717, 1.165) is 43.9 Å². The summed E-state index contributed by atoms with van der Waals surface area (Å²) in [5.41, 5.74) is 2.52. The van der Waals surface area contributed by atoms with Crippen LogP contribution in [0.2, 0.25) is 0 Å². The van der Waals surface area contributed by atoms with Gasteiger partial charge in [0, 0.05) is 24.8 Å². The Balaban J connectivity index is 1.27. The van der Waals surface area contributed by atoms with Crippen LogP contribution in [0.25, 0.3) is 11.5 Å². The monoisotopic (exact) mass is 395 g/mol. The maximum atomic E-state index is 13.4. The summed E-state index contributed by atoms with van der Waals surface area (Å²) in [7, 11) is 0. The number of benzene rings is 1. The number of nitrogens with zero attached hydrogens (tertiary/aromatic N) is 5. The minimum atomic E-state index is -0.324. The summed E-state index contributed by atoms with van der Waals surface area (Å²) in [5.74, 6) is 1.33. The lowest BCUT2D eigenvalue weighted by atomic mass is 9.83. The second kappa shape index (κ2) is 7.27. The predicted octanol–water partition coefficient (Wildman–Crippen LogP) is 3.04. The van der Waals surface area contributed by atoms with Crippen molar-refractivity contribution >= 4 is 0 Å². The van der Waals surface area contributed by atoms with Gasteiger partial charge in [-0.05, 0) is 49.9 Å². The molecule has 0 bridgehead atoms. The largest absolute Gasteiger partial charge is 0.419 e. The molecule has 0 unspecified atom stereocenters. The highest BCUT2D eigenvalue weighted by molar-refractivity contribution is 5.52. The van der Waals surface area contributed by atoms with E-state index in [1.54, 1.807) is 12.1 Å². The molecule has 7 nitrogen and oxygen atoms in total. The summed E-state index contributed by atoms with van der Waals surface area (Å²) in [6, 6.07) is 6.17. The highest BCUT2D eigenvalue weighted by Gasteiger charge is 2.42. The van der Waals surface area contributed by atoms with Crippen molar-refractivity contribution in [2.24, 2.45) is 0 Å². The van der Waals surface area contributed by atoms with Crippen LogP contribution in [0.15, 0.2) is 34.9 Å². The van der Waals surface area contributed by atoms with E-state index in [1.807, 2.05) is 13.1 Å². The fourth-order valence-electron chi connectivity index (χ4n) is 4.20. The topological polar surface area (TPSA) is 77.2 Å². The van der Waals surface area contributed by atoms with Crippen LogP contribution in [0.5, 0.6) is 0 Å². The molecule has 0 amide bonds. The number of rotatable bonds is 3. The summed E-state index contributed by atoms with van der Waals surface area (Å²) >= 11 is 0. The third kappa shape index (κ3) is 3.54. The number of hydrogen-bond donors (Lipinski definition) is 0. The minimum Gasteiger partial charge on any atom is -0.419 e. The summed E-state index contributed by atoms with van der Waals surface area (Å²) in [6.45, 7) is 4.89. The quantitative estimate of drug-likeness (QED) is 0.675. The van der Waals surface area contributed by atoms with Crippen LogP contribution >= 0.6 is 0 Å². The standard InChI is InChI=1S/C21H22FN5O2/c1-14-23-12-16-5-10-28-21(19(16)24-14)6-8-27(9-7-21)13-18-25-26-20(29-18)15-3-2-4-17(22)11-15/h2-4,11-12H,5-10,13H2,1H3. The van der Waals surface area contributed by atoms with E-state index >= 15 is 0 Å². The van der Waals surface area contributed by atoms with E-state index in [-0.39, 0.29) is 11.4 Å². The molecular weight excluding hydrogens is 373 g/mol. The van der Waals surface area contributed by atoms with Crippen molar-refractivity contribution in [1.82, 2.24) is 25.1 Å². The molecule has 0 saturated carbocycles. The summed E-state index contributed by atoms with van der Waals surface area (Å²) in [4.78, 5) is 11.3. The molecule has 0 N–H and O–H groups in total. The van der Waals surface area contributed by atoms with Gasteiger partial charge in [0.15, 0.2) is 0 Å². The van der Waals surface area contributed by atoms with Crippen LogP contribution < -0.4 is 0 Å². The maximum absolute atomic E-state index is 13.4. The first-order valence-electron chi connectivity index (χ1n) is 9.89. The second-order valence-corrected chi connectivity index (χ2v) is 7.67. The van der Waals surface area contributed by atoms with E-state index in [9.17, 15) is 4.39 Å². The molecule has 3 aromatic rings. The zero-order valence-corrected chi connectivity index (χ0v) is 16.3. The number of likely N-dealkylation sites (tertiary alicyclic amines) is 1. The molecule has 2 aromatic heterocycles. The van der Waals surface area contributed by atoms with E-state index in [0.29, 0.717) is 30.5 Å². The lowest BCUT2D eigenvalue weighted by Crippen LogP contribution is -2.47. The number of halogens is 1. The van der Waals surface area contributed by atoms with E-state index in [1.165, 1.54) is 17.7 Å². The summed E-state index contributed by atoms with van der Waals surface area (Å²) in [5, 5.41) is 8.20. The van der Waals surface area contributed by atoms with Crippen molar-refractivity contribution in [3.8, 4) is 11.5 Å². The Hall–Kier alpha value is -2.71. The van der Waals surface area contributed by atoms with Crippen molar-refractivity contribution in [3.05, 3.63) is 59.3 Å². The van der Waals surface area contributed by atoms with Gasteiger partial charge in [-0.25, -0.2) is 14.4 Å². The Morgan fingerprint density at radius 1 is 1.21 bits per heavy atom. The van der Waals surface area contributed by atoms with Gasteiger partial charge in [-0.1, -0.05) is 6.07 Å². The van der Waals surface area contributed by atoms with E-state index < -0.39 is 0 Å². The number of piperidine rings is 1. The Bertz CT molecular complexity index is 1030. The zero-order chi connectivity index (χ0) is 19.8. The third-order valence-electron chi connectivity index (χ3n) is 5.73. The number of ether oxygens (including phenoxy) is 1. The molecule has 2 aliphatic rings. The molecule has 29 heavy (non-hydrogen) atoms. The predicted molar refractivity (Wildman–Crippen MR) is 102 cm³/mol. The van der Waals surface area contributed by atoms with Gasteiger partial charge in [0.1, 0.15) is 17.2 Å². The highest BCUT2D eigenvalue weighted by atomic mass is 19.1. The van der Waals surface area contributed by atoms with Crippen molar-refractivity contribution in [1.29, 1.82) is 0 Å². The second-order valence-electron chi connectivity index (χ2n) is 7.67. The van der Waals surface area contributed by atoms with E-state index in [2.05, 4.69) is 20.1 Å². The maximum Gasteiger partial charge on any atom is 0.247 e. The molecule has 150 valence electrons. The van der Waals surface area contributed by atoms with Crippen molar-refractivity contribution < 1.29 is 13.5 Å². The van der Waals surface area contributed by atoms with Crippen LogP contribution in [0.4, 0.5) is 4.39 Å². The number of hydrogen-bond acceptors (Lipinski definition) is 7. The Labute approximate surface area is 167 Å². The highest BCUT2D eigenvalue weighted by Crippen LogP contribution is 2.40. The molecular formula is C21H22FN5O2. The lowest BCUT2D eigenvalue weighted by molar-refractivity contribution is -0.103. The molecule has 0 atom stereocenters. The molecule has 4 heterocycles. The van der Waals surface area contributed by atoms with Crippen LogP contribution in [0.3, 0.4) is 0 Å². The number of fused-ring (bicyclic) bond motifs is 2. The molecule has 1 saturated heterocycles. The Kier molecular flexibility index (Phi) is 4.60. The first-order chi connectivity index (χ1) is 14.1. The van der Waals surface area contributed by atoms with Crippen molar-refractivity contribution in [2.75, 3.05) is 19.7 Å². The first kappa shape index (κ1) is 18.3. The third-order valence-corrected chi connectivity index (χ3v) is 5.73. The van der Waals surface area contributed by atoms with Crippen molar-refractivity contribution in [3.63, 3.8) is 0 Å².